The largest absolute Gasteiger partial charge is 0.479 e. The molecule has 0 aromatic rings. The van der Waals surface area contributed by atoms with Gasteiger partial charge in [0.1, 0.15) is 0 Å². The summed E-state index contributed by atoms with van der Waals surface area (Å²) in [6.07, 6.45) is 2.76. The first-order chi connectivity index (χ1) is 8.08. The van der Waals surface area contributed by atoms with Crippen LogP contribution in [0.15, 0.2) is 0 Å². The Balaban J connectivity index is 1.82. The lowest BCUT2D eigenvalue weighted by molar-refractivity contribution is -0.151. The summed E-state index contributed by atoms with van der Waals surface area (Å²) in [4.78, 5) is 23.8. The first-order valence-electron chi connectivity index (χ1n) is 6.21. The van der Waals surface area contributed by atoms with Crippen molar-refractivity contribution in [1.82, 2.24) is 4.90 Å². The van der Waals surface area contributed by atoms with Crippen LogP contribution in [0.1, 0.15) is 32.6 Å². The highest BCUT2D eigenvalue weighted by Gasteiger charge is 2.36. The molecular formula is C12H19NO4. The number of likely N-dealkylation sites (tertiary alicyclic amines) is 1. The van der Waals surface area contributed by atoms with E-state index in [1.165, 1.54) is 0 Å². The number of amides is 1. The van der Waals surface area contributed by atoms with Crippen LogP contribution in [0.4, 0.5) is 0 Å². The number of carboxylic acids is 1. The Bertz CT molecular complexity index is 310. The highest BCUT2D eigenvalue weighted by molar-refractivity contribution is 5.73. The topological polar surface area (TPSA) is 66.8 Å². The lowest BCUT2D eigenvalue weighted by Crippen LogP contribution is -2.40. The van der Waals surface area contributed by atoms with Crippen LogP contribution in [-0.2, 0) is 14.3 Å². The average molecular weight is 241 g/mol. The summed E-state index contributed by atoms with van der Waals surface area (Å²) < 4.78 is 5.56. The highest BCUT2D eigenvalue weighted by Crippen LogP contribution is 2.31. The molecule has 0 unspecified atom stereocenters. The van der Waals surface area contributed by atoms with Gasteiger partial charge in [0, 0.05) is 20.0 Å². The van der Waals surface area contributed by atoms with Crippen LogP contribution in [-0.4, -0.2) is 47.2 Å². The molecule has 5 heteroatoms. The number of aliphatic carboxylic acids is 1. The van der Waals surface area contributed by atoms with Crippen molar-refractivity contribution in [3.8, 4) is 0 Å². The molecule has 96 valence electrons. The van der Waals surface area contributed by atoms with E-state index in [2.05, 4.69) is 0 Å². The van der Waals surface area contributed by atoms with E-state index in [4.69, 9.17) is 9.84 Å². The van der Waals surface area contributed by atoms with Crippen molar-refractivity contribution < 1.29 is 19.4 Å². The second kappa shape index (κ2) is 5.04. The maximum atomic E-state index is 11.2. The van der Waals surface area contributed by atoms with E-state index in [1.54, 1.807) is 6.92 Å². The second-order valence-corrected chi connectivity index (χ2v) is 4.92. The third-order valence-corrected chi connectivity index (χ3v) is 3.84. The summed E-state index contributed by atoms with van der Waals surface area (Å²) in [7, 11) is 0. The Labute approximate surface area is 101 Å². The normalized spacial score (nSPS) is 30.5. The van der Waals surface area contributed by atoms with Crippen LogP contribution >= 0.6 is 0 Å². The number of piperidine rings is 1. The molecule has 0 spiro atoms. The summed E-state index contributed by atoms with van der Waals surface area (Å²) in [6, 6.07) is 0. The van der Waals surface area contributed by atoms with Crippen LogP contribution in [0.3, 0.4) is 0 Å². The number of hydrogen-bond acceptors (Lipinski definition) is 3. The van der Waals surface area contributed by atoms with E-state index in [-0.39, 0.29) is 12.0 Å². The molecule has 2 heterocycles. The summed E-state index contributed by atoms with van der Waals surface area (Å²) >= 11 is 0. The highest BCUT2D eigenvalue weighted by atomic mass is 16.5. The van der Waals surface area contributed by atoms with Gasteiger partial charge in [0.2, 0.25) is 5.91 Å². The fourth-order valence-corrected chi connectivity index (χ4v) is 2.78. The first-order valence-corrected chi connectivity index (χ1v) is 6.21. The molecule has 5 nitrogen and oxygen atoms in total. The Morgan fingerprint density at radius 1 is 1.18 bits per heavy atom. The van der Waals surface area contributed by atoms with E-state index >= 15 is 0 Å². The van der Waals surface area contributed by atoms with E-state index in [0.29, 0.717) is 12.3 Å². The molecule has 2 fully saturated rings. The van der Waals surface area contributed by atoms with Gasteiger partial charge in [-0.3, -0.25) is 4.79 Å². The van der Waals surface area contributed by atoms with Gasteiger partial charge in [-0.2, -0.15) is 0 Å². The standard InChI is InChI=1S/C12H19NO4/c1-8(14)13-6-4-9(5-7-13)10-2-3-11(17-10)12(15)16/h9-11H,2-7H2,1H3,(H,15,16)/t10-,11+/m0/s1. The Hall–Kier alpha value is -1.10. The third-order valence-electron chi connectivity index (χ3n) is 3.84. The minimum atomic E-state index is -0.853. The van der Waals surface area contributed by atoms with Crippen molar-refractivity contribution in [3.63, 3.8) is 0 Å². The Morgan fingerprint density at radius 2 is 1.82 bits per heavy atom. The van der Waals surface area contributed by atoms with Gasteiger partial charge in [0.25, 0.3) is 0 Å². The van der Waals surface area contributed by atoms with Crippen LogP contribution < -0.4 is 0 Å². The van der Waals surface area contributed by atoms with Crippen molar-refractivity contribution in [2.75, 3.05) is 13.1 Å². The number of carboxylic acid groups (broad SMARTS) is 1. The minimum Gasteiger partial charge on any atom is -0.479 e. The van der Waals surface area contributed by atoms with Gasteiger partial charge < -0.3 is 14.7 Å². The van der Waals surface area contributed by atoms with Crippen LogP contribution in [0, 0.1) is 5.92 Å². The van der Waals surface area contributed by atoms with Crippen LogP contribution in [0.5, 0.6) is 0 Å². The average Bonchev–Trinajstić information content (AvgIpc) is 2.78. The van der Waals surface area contributed by atoms with Crippen molar-refractivity contribution >= 4 is 11.9 Å². The predicted molar refractivity (Wildman–Crippen MR) is 60.5 cm³/mol. The molecule has 2 aliphatic heterocycles. The van der Waals surface area contributed by atoms with Crippen LogP contribution in [0.25, 0.3) is 0 Å². The summed E-state index contributed by atoms with van der Waals surface area (Å²) in [5.41, 5.74) is 0. The van der Waals surface area contributed by atoms with Gasteiger partial charge in [0.05, 0.1) is 6.10 Å². The van der Waals surface area contributed by atoms with E-state index < -0.39 is 12.1 Å². The fourth-order valence-electron chi connectivity index (χ4n) is 2.78. The minimum absolute atomic E-state index is 0.0743. The number of rotatable bonds is 2. The Morgan fingerprint density at radius 3 is 2.29 bits per heavy atom. The molecule has 2 rings (SSSR count). The maximum absolute atomic E-state index is 11.2. The van der Waals surface area contributed by atoms with Crippen molar-refractivity contribution in [2.24, 2.45) is 5.92 Å². The van der Waals surface area contributed by atoms with Gasteiger partial charge in [-0.1, -0.05) is 0 Å². The molecule has 0 aromatic heterocycles. The smallest absolute Gasteiger partial charge is 0.332 e. The number of carbonyl (C=O) groups excluding carboxylic acids is 1. The van der Waals surface area contributed by atoms with Crippen LogP contribution in [0.2, 0.25) is 0 Å². The van der Waals surface area contributed by atoms with E-state index in [9.17, 15) is 9.59 Å². The zero-order chi connectivity index (χ0) is 12.4. The molecule has 2 atom stereocenters. The molecule has 0 aliphatic carbocycles. The zero-order valence-corrected chi connectivity index (χ0v) is 10.1. The SMILES string of the molecule is CC(=O)N1CCC([C@@H]2CC[C@H](C(=O)O)O2)CC1. The zero-order valence-electron chi connectivity index (χ0n) is 10.1. The van der Waals surface area contributed by atoms with E-state index in [0.717, 1.165) is 32.4 Å². The van der Waals surface area contributed by atoms with E-state index in [1.807, 2.05) is 4.90 Å². The summed E-state index contributed by atoms with van der Waals surface area (Å²) in [6.45, 7) is 3.14. The van der Waals surface area contributed by atoms with Crippen molar-refractivity contribution in [2.45, 2.75) is 44.8 Å². The van der Waals surface area contributed by atoms with Crippen molar-refractivity contribution in [3.05, 3.63) is 0 Å². The molecule has 17 heavy (non-hydrogen) atoms. The number of nitrogens with zero attached hydrogens (tertiary/aromatic N) is 1. The molecule has 0 aromatic carbocycles. The van der Waals surface area contributed by atoms with Gasteiger partial charge in [-0.25, -0.2) is 4.79 Å². The summed E-state index contributed by atoms with van der Waals surface area (Å²) in [5.74, 6) is -0.317. The number of hydrogen-bond donors (Lipinski definition) is 1. The quantitative estimate of drug-likeness (QED) is 0.779. The lowest BCUT2D eigenvalue weighted by atomic mass is 9.90. The molecule has 0 bridgehead atoms. The molecule has 2 aliphatic rings. The lowest BCUT2D eigenvalue weighted by Gasteiger charge is -2.34. The number of carbonyl (C=O) groups is 2. The molecule has 1 amide bonds. The summed E-state index contributed by atoms with van der Waals surface area (Å²) in [5, 5.41) is 8.87. The maximum Gasteiger partial charge on any atom is 0.332 e. The monoisotopic (exact) mass is 241 g/mol. The molecule has 1 N–H and O–H groups in total. The van der Waals surface area contributed by atoms with Gasteiger partial charge in [-0.15, -0.1) is 0 Å². The molecule has 0 saturated carbocycles. The third kappa shape index (κ3) is 2.77. The fraction of sp³-hybridized carbons (Fsp3) is 0.833. The molecule has 2 saturated heterocycles. The molecule has 0 radical (unpaired) electrons. The predicted octanol–water partition coefficient (Wildman–Crippen LogP) is 0.877. The van der Waals surface area contributed by atoms with Crippen molar-refractivity contribution in [1.29, 1.82) is 0 Å². The second-order valence-electron chi connectivity index (χ2n) is 4.92. The molecular weight excluding hydrogens is 222 g/mol. The Kier molecular flexibility index (Phi) is 3.66. The van der Waals surface area contributed by atoms with Gasteiger partial charge >= 0.3 is 5.97 Å². The van der Waals surface area contributed by atoms with Gasteiger partial charge in [0.15, 0.2) is 6.10 Å². The first kappa shape index (κ1) is 12.4. The van der Waals surface area contributed by atoms with Gasteiger partial charge in [-0.05, 0) is 31.6 Å². The number of ether oxygens (including phenoxy) is 1.